The molecule has 3 rings (SSSR count). The molecule has 1 atom stereocenters. The number of halogens is 1. The number of aliphatic hydroxyl groups is 1. The van der Waals surface area contributed by atoms with Crippen molar-refractivity contribution in [1.29, 1.82) is 0 Å². The Morgan fingerprint density at radius 3 is 2.88 bits per heavy atom. The zero-order valence-electron chi connectivity index (χ0n) is 9.58. The summed E-state index contributed by atoms with van der Waals surface area (Å²) >= 11 is 5.94. The molecular formula is C13H16ClNO2. The van der Waals surface area contributed by atoms with Crippen LogP contribution in [0.4, 0.5) is 0 Å². The summed E-state index contributed by atoms with van der Waals surface area (Å²) in [5.74, 6) is 0.787. The first-order valence-corrected chi connectivity index (χ1v) is 6.44. The number of ether oxygens (including phenoxy) is 1. The van der Waals surface area contributed by atoms with Crippen LogP contribution in [-0.4, -0.2) is 23.8 Å². The van der Waals surface area contributed by atoms with Gasteiger partial charge in [-0.3, -0.25) is 0 Å². The summed E-state index contributed by atoms with van der Waals surface area (Å²) in [6.45, 7) is 1.91. The summed E-state index contributed by atoms with van der Waals surface area (Å²) in [6, 6.07) is 5.48. The highest BCUT2D eigenvalue weighted by Gasteiger charge is 2.41. The Balaban J connectivity index is 1.94. The minimum atomic E-state index is -0.462. The quantitative estimate of drug-likeness (QED) is 0.745. The fraction of sp³-hybridized carbons (Fsp3) is 0.538. The second-order valence-corrected chi connectivity index (χ2v) is 5.37. The van der Waals surface area contributed by atoms with Crippen molar-refractivity contribution in [2.24, 2.45) is 0 Å². The van der Waals surface area contributed by atoms with Crippen molar-refractivity contribution in [3.05, 3.63) is 28.8 Å². The van der Waals surface area contributed by atoms with Crippen LogP contribution < -0.4 is 10.1 Å². The van der Waals surface area contributed by atoms with Gasteiger partial charge in [0.05, 0.1) is 6.10 Å². The molecule has 92 valence electrons. The first-order valence-electron chi connectivity index (χ1n) is 6.06. The second-order valence-electron chi connectivity index (χ2n) is 4.94. The van der Waals surface area contributed by atoms with Crippen LogP contribution in [0.2, 0.25) is 5.02 Å². The zero-order chi connectivity index (χ0) is 11.9. The van der Waals surface area contributed by atoms with Crippen molar-refractivity contribution in [3.63, 3.8) is 0 Å². The van der Waals surface area contributed by atoms with E-state index in [4.69, 9.17) is 16.3 Å². The van der Waals surface area contributed by atoms with E-state index in [9.17, 15) is 5.11 Å². The lowest BCUT2D eigenvalue weighted by Crippen LogP contribution is -2.49. The van der Waals surface area contributed by atoms with E-state index in [1.165, 1.54) is 0 Å². The molecule has 0 bridgehead atoms. The fourth-order valence-corrected chi connectivity index (χ4v) is 2.98. The molecular weight excluding hydrogens is 238 g/mol. The lowest BCUT2D eigenvalue weighted by molar-refractivity contribution is -0.0336. The van der Waals surface area contributed by atoms with Crippen LogP contribution in [-0.2, 0) is 0 Å². The summed E-state index contributed by atoms with van der Waals surface area (Å²) in [6.07, 6.45) is 2.11. The Labute approximate surface area is 106 Å². The lowest BCUT2D eigenvalue weighted by Gasteiger charge is -2.43. The Kier molecular flexibility index (Phi) is 2.77. The first-order chi connectivity index (χ1) is 8.19. The summed E-state index contributed by atoms with van der Waals surface area (Å²) in [4.78, 5) is 0. The summed E-state index contributed by atoms with van der Waals surface area (Å²) in [5.41, 5.74) is 0.632. The number of hydrogen-bond acceptors (Lipinski definition) is 3. The fourth-order valence-electron chi connectivity index (χ4n) is 2.80. The molecule has 1 fully saturated rings. The van der Waals surface area contributed by atoms with E-state index >= 15 is 0 Å². The van der Waals surface area contributed by atoms with Crippen LogP contribution >= 0.6 is 11.6 Å². The molecule has 0 radical (unpaired) electrons. The molecule has 17 heavy (non-hydrogen) atoms. The lowest BCUT2D eigenvalue weighted by atomic mass is 9.82. The molecule has 2 aliphatic rings. The smallest absolute Gasteiger partial charge is 0.126 e. The summed E-state index contributed by atoms with van der Waals surface area (Å²) < 4.78 is 6.13. The number of fused-ring (bicyclic) bond motifs is 1. The molecule has 1 saturated heterocycles. The maximum Gasteiger partial charge on any atom is 0.126 e. The number of rotatable bonds is 0. The monoisotopic (exact) mass is 253 g/mol. The molecule has 1 spiro atoms. The average Bonchev–Trinajstić information content (AvgIpc) is 2.31. The van der Waals surface area contributed by atoms with Gasteiger partial charge in [0.1, 0.15) is 11.4 Å². The van der Waals surface area contributed by atoms with Crippen molar-refractivity contribution < 1.29 is 9.84 Å². The van der Waals surface area contributed by atoms with Gasteiger partial charge in [0.25, 0.3) is 0 Å². The van der Waals surface area contributed by atoms with Gasteiger partial charge in [0.15, 0.2) is 0 Å². The van der Waals surface area contributed by atoms with Crippen molar-refractivity contribution in [1.82, 2.24) is 5.32 Å². The molecule has 0 aliphatic carbocycles. The van der Waals surface area contributed by atoms with Gasteiger partial charge in [0.2, 0.25) is 0 Å². The number of aliphatic hydroxyl groups excluding tert-OH is 1. The minimum Gasteiger partial charge on any atom is -0.487 e. The van der Waals surface area contributed by atoms with E-state index in [0.717, 1.165) is 37.2 Å². The number of hydrogen-bond donors (Lipinski definition) is 2. The van der Waals surface area contributed by atoms with Crippen LogP contribution in [0, 0.1) is 0 Å². The molecule has 4 heteroatoms. The number of benzene rings is 1. The van der Waals surface area contributed by atoms with Gasteiger partial charge in [0, 0.05) is 17.0 Å². The molecule has 0 unspecified atom stereocenters. The summed E-state index contributed by atoms with van der Waals surface area (Å²) in [7, 11) is 0. The predicted octanol–water partition coefficient (Wildman–Crippen LogP) is 2.28. The molecule has 3 nitrogen and oxygen atoms in total. The summed E-state index contributed by atoms with van der Waals surface area (Å²) in [5, 5.41) is 14.2. The van der Waals surface area contributed by atoms with Crippen LogP contribution in [0.15, 0.2) is 18.2 Å². The van der Waals surface area contributed by atoms with Crippen LogP contribution in [0.5, 0.6) is 5.75 Å². The van der Waals surface area contributed by atoms with E-state index in [1.807, 2.05) is 12.1 Å². The average molecular weight is 254 g/mol. The van der Waals surface area contributed by atoms with Gasteiger partial charge in [-0.15, -0.1) is 0 Å². The van der Waals surface area contributed by atoms with E-state index in [0.29, 0.717) is 11.4 Å². The van der Waals surface area contributed by atoms with Crippen molar-refractivity contribution in [2.45, 2.75) is 31.0 Å². The van der Waals surface area contributed by atoms with E-state index in [-0.39, 0.29) is 5.60 Å². The number of nitrogens with one attached hydrogen (secondary N) is 1. The topological polar surface area (TPSA) is 41.5 Å². The third kappa shape index (κ3) is 2.03. The van der Waals surface area contributed by atoms with E-state index in [1.54, 1.807) is 6.07 Å². The van der Waals surface area contributed by atoms with Gasteiger partial charge in [-0.05, 0) is 44.1 Å². The third-order valence-electron chi connectivity index (χ3n) is 3.74. The standard InChI is InChI=1S/C13H16ClNO2/c14-9-1-2-12-10(7-9)11(16)8-13(17-12)3-5-15-6-4-13/h1-2,7,11,15-16H,3-6,8H2/t11-/m0/s1. The van der Waals surface area contributed by atoms with Crippen LogP contribution in [0.1, 0.15) is 30.9 Å². The van der Waals surface area contributed by atoms with Gasteiger partial charge in [-0.1, -0.05) is 11.6 Å². The Morgan fingerprint density at radius 2 is 2.12 bits per heavy atom. The van der Waals surface area contributed by atoms with Crippen molar-refractivity contribution in [3.8, 4) is 5.75 Å². The van der Waals surface area contributed by atoms with Crippen molar-refractivity contribution in [2.75, 3.05) is 13.1 Å². The largest absolute Gasteiger partial charge is 0.487 e. The highest BCUT2D eigenvalue weighted by molar-refractivity contribution is 6.30. The van der Waals surface area contributed by atoms with Gasteiger partial charge in [-0.25, -0.2) is 0 Å². The Bertz CT molecular complexity index is 429. The maximum absolute atomic E-state index is 10.2. The molecule has 1 aromatic rings. The molecule has 2 aliphatic heterocycles. The first kappa shape index (κ1) is 11.3. The van der Waals surface area contributed by atoms with E-state index in [2.05, 4.69) is 5.32 Å². The molecule has 2 N–H and O–H groups in total. The Hall–Kier alpha value is -0.770. The highest BCUT2D eigenvalue weighted by Crippen LogP contribution is 2.44. The Morgan fingerprint density at radius 1 is 1.35 bits per heavy atom. The highest BCUT2D eigenvalue weighted by atomic mass is 35.5. The molecule has 2 heterocycles. The maximum atomic E-state index is 10.2. The van der Waals surface area contributed by atoms with Gasteiger partial charge >= 0.3 is 0 Å². The molecule has 1 aromatic carbocycles. The second kappa shape index (κ2) is 4.16. The normalized spacial score (nSPS) is 26.4. The van der Waals surface area contributed by atoms with E-state index < -0.39 is 6.10 Å². The minimum absolute atomic E-state index is 0.189. The predicted molar refractivity (Wildman–Crippen MR) is 66.5 cm³/mol. The number of piperidine rings is 1. The third-order valence-corrected chi connectivity index (χ3v) is 3.97. The van der Waals surface area contributed by atoms with Crippen LogP contribution in [0.25, 0.3) is 0 Å². The molecule has 0 aromatic heterocycles. The zero-order valence-corrected chi connectivity index (χ0v) is 10.3. The molecule has 0 amide bonds. The molecule has 0 saturated carbocycles. The van der Waals surface area contributed by atoms with Crippen molar-refractivity contribution >= 4 is 11.6 Å². The van der Waals surface area contributed by atoms with Crippen LogP contribution in [0.3, 0.4) is 0 Å². The van der Waals surface area contributed by atoms with Gasteiger partial charge in [-0.2, -0.15) is 0 Å². The van der Waals surface area contributed by atoms with Gasteiger partial charge < -0.3 is 15.2 Å². The SMILES string of the molecule is O[C@H]1CC2(CCNCC2)Oc2ccc(Cl)cc21.